The average molecular weight is 350 g/mol. The van der Waals surface area contributed by atoms with Crippen LogP contribution >= 0.6 is 11.8 Å². The lowest BCUT2D eigenvalue weighted by Crippen LogP contribution is -2.45. The molecule has 0 saturated carbocycles. The molecule has 2 amide bonds. The first kappa shape index (κ1) is 18.8. The van der Waals surface area contributed by atoms with E-state index in [0.717, 1.165) is 37.2 Å². The molecule has 132 valence electrons. The third kappa shape index (κ3) is 5.83. The summed E-state index contributed by atoms with van der Waals surface area (Å²) in [7, 11) is 0. The van der Waals surface area contributed by atoms with Gasteiger partial charge in [-0.25, -0.2) is 0 Å². The van der Waals surface area contributed by atoms with Gasteiger partial charge in [-0.3, -0.25) is 9.59 Å². The van der Waals surface area contributed by atoms with Crippen LogP contribution in [0, 0.1) is 12.8 Å². The average Bonchev–Trinajstić information content (AvgIpc) is 2.57. The highest BCUT2D eigenvalue weighted by Gasteiger charge is 2.25. The summed E-state index contributed by atoms with van der Waals surface area (Å²) in [5.74, 6) is 1.03. The molecule has 1 aliphatic rings. The van der Waals surface area contributed by atoms with Gasteiger partial charge in [0.05, 0.1) is 11.5 Å². The van der Waals surface area contributed by atoms with Crippen LogP contribution in [0.4, 0.5) is 5.69 Å². The smallest absolute Gasteiger partial charge is 0.234 e. The highest BCUT2D eigenvalue weighted by atomic mass is 32.2. The molecule has 24 heavy (non-hydrogen) atoms. The molecule has 1 aliphatic heterocycles. The molecule has 2 unspecified atom stereocenters. The van der Waals surface area contributed by atoms with Crippen LogP contribution in [0.3, 0.4) is 0 Å². The molecule has 1 saturated heterocycles. The topological polar surface area (TPSA) is 75.4 Å². The number of nitrogens with one attached hydrogen (secondary N) is 1. The summed E-state index contributed by atoms with van der Waals surface area (Å²) in [5.41, 5.74) is 7.89. The van der Waals surface area contributed by atoms with Crippen molar-refractivity contribution in [3.05, 3.63) is 29.8 Å². The third-order valence-electron chi connectivity index (χ3n) is 4.35. The number of likely N-dealkylation sites (tertiary alicyclic amines) is 1. The van der Waals surface area contributed by atoms with Crippen LogP contribution in [0.5, 0.6) is 0 Å². The molecule has 1 aromatic carbocycles. The fraction of sp³-hybridized carbons (Fsp3) is 0.556. The molecule has 1 fully saturated rings. The van der Waals surface area contributed by atoms with Crippen molar-refractivity contribution in [2.75, 3.05) is 29.9 Å². The molecular weight excluding hydrogens is 322 g/mol. The first-order valence-corrected chi connectivity index (χ1v) is 9.59. The predicted octanol–water partition coefficient (Wildman–Crippen LogP) is 2.25. The minimum Gasteiger partial charge on any atom is -0.342 e. The van der Waals surface area contributed by atoms with Crippen LogP contribution < -0.4 is 11.1 Å². The Hall–Kier alpha value is -1.53. The van der Waals surface area contributed by atoms with Crippen molar-refractivity contribution in [3.8, 4) is 0 Å². The lowest BCUT2D eigenvalue weighted by Gasteiger charge is -2.34. The van der Waals surface area contributed by atoms with E-state index in [1.165, 1.54) is 11.8 Å². The number of carbonyl (C=O) groups is 2. The van der Waals surface area contributed by atoms with E-state index in [1.54, 1.807) is 0 Å². The van der Waals surface area contributed by atoms with Crippen molar-refractivity contribution in [2.45, 2.75) is 32.7 Å². The molecule has 0 bridgehead atoms. The molecule has 1 aromatic rings. The van der Waals surface area contributed by atoms with Crippen molar-refractivity contribution >= 4 is 29.3 Å². The number of thioether (sulfide) groups is 1. The Morgan fingerprint density at radius 1 is 1.33 bits per heavy atom. The SMILES string of the molecule is Cc1ccc(NC(=O)CSCC(=O)N2CCCC(C(C)N)C2)cc1. The Morgan fingerprint density at radius 2 is 2.04 bits per heavy atom. The fourth-order valence-electron chi connectivity index (χ4n) is 2.82. The van der Waals surface area contributed by atoms with E-state index in [1.807, 2.05) is 43.0 Å². The minimum absolute atomic E-state index is 0.0799. The summed E-state index contributed by atoms with van der Waals surface area (Å²) in [5, 5.41) is 2.84. The van der Waals surface area contributed by atoms with Crippen molar-refractivity contribution in [3.63, 3.8) is 0 Å². The summed E-state index contributed by atoms with van der Waals surface area (Å²) in [4.78, 5) is 26.1. The summed E-state index contributed by atoms with van der Waals surface area (Å²) in [6.07, 6.45) is 2.10. The van der Waals surface area contributed by atoms with Gasteiger partial charge in [0.15, 0.2) is 0 Å². The number of aryl methyl sites for hydroxylation is 1. The van der Waals surface area contributed by atoms with Gasteiger partial charge in [-0.05, 0) is 44.7 Å². The molecular formula is C18H27N3O2S. The Labute approximate surface area is 148 Å². The summed E-state index contributed by atoms with van der Waals surface area (Å²) < 4.78 is 0. The molecule has 3 N–H and O–H groups in total. The normalized spacial score (nSPS) is 19.0. The van der Waals surface area contributed by atoms with Crippen molar-refractivity contribution in [1.82, 2.24) is 4.90 Å². The quantitative estimate of drug-likeness (QED) is 0.826. The molecule has 5 nitrogen and oxygen atoms in total. The number of rotatable bonds is 6. The van der Waals surface area contributed by atoms with Gasteiger partial charge in [0.25, 0.3) is 0 Å². The molecule has 2 atom stereocenters. The summed E-state index contributed by atoms with van der Waals surface area (Å²) in [6.45, 7) is 5.55. The molecule has 0 aliphatic carbocycles. The number of amides is 2. The Balaban J connectivity index is 1.70. The van der Waals surface area contributed by atoms with E-state index in [4.69, 9.17) is 5.73 Å². The highest BCUT2D eigenvalue weighted by molar-refractivity contribution is 8.00. The number of anilines is 1. The zero-order chi connectivity index (χ0) is 17.5. The number of hydrogen-bond donors (Lipinski definition) is 2. The van der Waals surface area contributed by atoms with Gasteiger partial charge in [0.1, 0.15) is 0 Å². The van der Waals surface area contributed by atoms with Crippen LogP contribution in [0.15, 0.2) is 24.3 Å². The first-order valence-electron chi connectivity index (χ1n) is 8.43. The zero-order valence-electron chi connectivity index (χ0n) is 14.5. The molecule has 1 heterocycles. The standard InChI is InChI=1S/C18H27N3O2S/c1-13-5-7-16(8-6-13)20-17(22)11-24-12-18(23)21-9-3-4-15(10-21)14(2)19/h5-8,14-15H,3-4,9-12,19H2,1-2H3,(H,20,22). The number of nitrogens with zero attached hydrogens (tertiary/aromatic N) is 1. The fourth-order valence-corrected chi connectivity index (χ4v) is 3.54. The number of benzene rings is 1. The monoisotopic (exact) mass is 349 g/mol. The summed E-state index contributed by atoms with van der Waals surface area (Å²) in [6, 6.07) is 7.79. The van der Waals surface area contributed by atoms with E-state index < -0.39 is 0 Å². The maximum absolute atomic E-state index is 12.3. The Bertz CT molecular complexity index is 560. The lowest BCUT2D eigenvalue weighted by atomic mass is 9.92. The maximum atomic E-state index is 12.3. The van der Waals surface area contributed by atoms with Crippen molar-refractivity contribution in [1.29, 1.82) is 0 Å². The number of carbonyl (C=O) groups excluding carboxylic acids is 2. The summed E-state index contributed by atoms with van der Waals surface area (Å²) >= 11 is 1.36. The Kier molecular flexibility index (Phi) is 7.12. The van der Waals surface area contributed by atoms with Crippen LogP contribution in [0.1, 0.15) is 25.3 Å². The van der Waals surface area contributed by atoms with E-state index in [0.29, 0.717) is 11.7 Å². The van der Waals surface area contributed by atoms with Crippen LogP contribution in [0.2, 0.25) is 0 Å². The largest absolute Gasteiger partial charge is 0.342 e. The van der Waals surface area contributed by atoms with Gasteiger partial charge in [-0.1, -0.05) is 17.7 Å². The highest BCUT2D eigenvalue weighted by Crippen LogP contribution is 2.19. The molecule has 2 rings (SSSR count). The second kappa shape index (κ2) is 9.08. The lowest BCUT2D eigenvalue weighted by molar-refractivity contribution is -0.130. The number of piperidine rings is 1. The van der Waals surface area contributed by atoms with Gasteiger partial charge < -0.3 is 16.0 Å². The van der Waals surface area contributed by atoms with Gasteiger partial charge >= 0.3 is 0 Å². The third-order valence-corrected chi connectivity index (χ3v) is 5.27. The van der Waals surface area contributed by atoms with E-state index in [-0.39, 0.29) is 23.6 Å². The van der Waals surface area contributed by atoms with Crippen LogP contribution in [-0.2, 0) is 9.59 Å². The zero-order valence-corrected chi connectivity index (χ0v) is 15.3. The second-order valence-corrected chi connectivity index (χ2v) is 7.49. The predicted molar refractivity (Wildman–Crippen MR) is 100 cm³/mol. The molecule has 0 aromatic heterocycles. The molecule has 6 heteroatoms. The van der Waals surface area contributed by atoms with Crippen molar-refractivity contribution < 1.29 is 9.59 Å². The number of hydrogen-bond acceptors (Lipinski definition) is 4. The number of nitrogens with two attached hydrogens (primary N) is 1. The molecule has 0 spiro atoms. The van der Waals surface area contributed by atoms with E-state index in [2.05, 4.69) is 5.32 Å². The first-order chi connectivity index (χ1) is 11.5. The van der Waals surface area contributed by atoms with Crippen LogP contribution in [-0.4, -0.2) is 47.4 Å². The van der Waals surface area contributed by atoms with Gasteiger partial charge in [-0.2, -0.15) is 0 Å². The van der Waals surface area contributed by atoms with Gasteiger partial charge in [-0.15, -0.1) is 11.8 Å². The van der Waals surface area contributed by atoms with E-state index >= 15 is 0 Å². The Morgan fingerprint density at radius 3 is 2.71 bits per heavy atom. The minimum atomic E-state index is -0.0799. The maximum Gasteiger partial charge on any atom is 0.234 e. The van der Waals surface area contributed by atoms with Crippen molar-refractivity contribution in [2.24, 2.45) is 11.7 Å². The van der Waals surface area contributed by atoms with Gasteiger partial charge in [0, 0.05) is 24.8 Å². The van der Waals surface area contributed by atoms with Crippen LogP contribution in [0.25, 0.3) is 0 Å². The second-order valence-electron chi connectivity index (χ2n) is 6.51. The molecule has 0 radical (unpaired) electrons. The van der Waals surface area contributed by atoms with Gasteiger partial charge in [0.2, 0.25) is 11.8 Å². The van der Waals surface area contributed by atoms with E-state index in [9.17, 15) is 9.59 Å².